The molecule has 0 bridgehead atoms. The normalized spacial score (nSPS) is 17.2. The van der Waals surface area contributed by atoms with Crippen molar-refractivity contribution in [2.24, 2.45) is 5.73 Å². The molecular formula is C24H25F3N6O3. The maximum atomic E-state index is 14.5. The third-order valence-electron chi connectivity index (χ3n) is 6.03. The Morgan fingerprint density at radius 3 is 2.50 bits per heavy atom. The summed E-state index contributed by atoms with van der Waals surface area (Å²) in [5.41, 5.74) is 12.7. The molecule has 2 heterocycles. The monoisotopic (exact) mass is 502 g/mol. The molecule has 4 rings (SSSR count). The van der Waals surface area contributed by atoms with Crippen molar-refractivity contribution < 1.29 is 27.5 Å². The van der Waals surface area contributed by atoms with E-state index in [9.17, 15) is 22.8 Å². The van der Waals surface area contributed by atoms with Crippen molar-refractivity contribution in [3.8, 4) is 17.0 Å². The quantitative estimate of drug-likeness (QED) is 0.455. The van der Waals surface area contributed by atoms with Crippen molar-refractivity contribution in [1.82, 2.24) is 20.0 Å². The van der Waals surface area contributed by atoms with Gasteiger partial charge in [-0.3, -0.25) is 14.5 Å². The second-order valence-electron chi connectivity index (χ2n) is 8.62. The zero-order valence-corrected chi connectivity index (χ0v) is 19.6. The number of nitrogens with two attached hydrogens (primary N) is 2. The van der Waals surface area contributed by atoms with Gasteiger partial charge in [0.15, 0.2) is 0 Å². The number of carbonyl (C=O) groups is 2. The molecule has 1 aliphatic rings. The Morgan fingerprint density at radius 1 is 1.22 bits per heavy atom. The summed E-state index contributed by atoms with van der Waals surface area (Å²) in [6.07, 6.45) is 0. The van der Waals surface area contributed by atoms with Crippen LogP contribution >= 0.6 is 0 Å². The predicted octanol–water partition coefficient (Wildman–Crippen LogP) is 2.43. The smallest absolute Gasteiger partial charge is 0.283 e. The summed E-state index contributed by atoms with van der Waals surface area (Å²) in [6, 6.07) is 8.84. The Morgan fingerprint density at radius 2 is 1.92 bits per heavy atom. The van der Waals surface area contributed by atoms with Crippen LogP contribution in [-0.2, 0) is 6.54 Å². The molecule has 1 unspecified atom stereocenters. The number of hydrogen-bond donors (Lipinski definition) is 3. The van der Waals surface area contributed by atoms with Crippen molar-refractivity contribution in [1.29, 1.82) is 0 Å². The van der Waals surface area contributed by atoms with Crippen molar-refractivity contribution in [3.05, 3.63) is 65.0 Å². The summed E-state index contributed by atoms with van der Waals surface area (Å²) in [5, 5.41) is 6.93. The fourth-order valence-corrected chi connectivity index (χ4v) is 4.26. The number of benzene rings is 2. The number of amides is 2. The van der Waals surface area contributed by atoms with Gasteiger partial charge in [-0.1, -0.05) is 24.3 Å². The van der Waals surface area contributed by atoms with Gasteiger partial charge in [0.25, 0.3) is 17.7 Å². The third-order valence-corrected chi connectivity index (χ3v) is 6.03. The Labute approximate surface area is 204 Å². The lowest BCUT2D eigenvalue weighted by Gasteiger charge is -2.19. The molecule has 0 aliphatic carbocycles. The number of alkyl halides is 2. The van der Waals surface area contributed by atoms with Crippen LogP contribution in [0.2, 0.25) is 0 Å². The Bertz CT molecular complexity index is 1310. The number of nitrogen functional groups attached to an aromatic ring is 1. The number of halogens is 3. The zero-order chi connectivity index (χ0) is 26.2. The molecule has 0 radical (unpaired) electrons. The van der Waals surface area contributed by atoms with Crippen molar-refractivity contribution in [2.45, 2.75) is 18.5 Å². The predicted molar refractivity (Wildman–Crippen MR) is 126 cm³/mol. The van der Waals surface area contributed by atoms with E-state index in [1.807, 2.05) is 0 Å². The van der Waals surface area contributed by atoms with E-state index in [-0.39, 0.29) is 41.5 Å². The second kappa shape index (κ2) is 9.53. The van der Waals surface area contributed by atoms with Crippen LogP contribution < -0.4 is 21.5 Å². The highest BCUT2D eigenvalue weighted by atomic mass is 19.3. The van der Waals surface area contributed by atoms with Gasteiger partial charge in [0.2, 0.25) is 0 Å². The first kappa shape index (κ1) is 25.0. The number of rotatable bonds is 7. The topological polar surface area (TPSA) is 128 Å². The van der Waals surface area contributed by atoms with Crippen LogP contribution in [0.25, 0.3) is 11.3 Å². The average molecular weight is 502 g/mol. The minimum Gasteiger partial charge on any atom is -0.496 e. The van der Waals surface area contributed by atoms with E-state index in [0.717, 1.165) is 10.7 Å². The van der Waals surface area contributed by atoms with E-state index in [0.29, 0.717) is 11.1 Å². The van der Waals surface area contributed by atoms with E-state index in [1.165, 1.54) is 24.1 Å². The lowest BCUT2D eigenvalue weighted by molar-refractivity contribution is -0.0232. The molecule has 1 saturated heterocycles. The molecule has 0 saturated carbocycles. The number of ether oxygens (including phenoxy) is 1. The van der Waals surface area contributed by atoms with Gasteiger partial charge >= 0.3 is 0 Å². The fraction of sp³-hybridized carbons (Fsp3) is 0.292. The first-order chi connectivity index (χ1) is 17.0. The van der Waals surface area contributed by atoms with Crippen LogP contribution in [0.15, 0.2) is 42.5 Å². The number of hydrogen-bond acceptors (Lipinski definition) is 6. The molecule has 0 spiro atoms. The molecule has 36 heavy (non-hydrogen) atoms. The SMILES string of the molecule is COc1ccc(F)cc1C(=O)NCc1ccc(-c2nn(C3CN(C)CC3(F)F)c(N)c2C(N)=O)cc1. The van der Waals surface area contributed by atoms with E-state index in [4.69, 9.17) is 16.2 Å². The van der Waals surface area contributed by atoms with Gasteiger partial charge in [0.05, 0.1) is 19.2 Å². The van der Waals surface area contributed by atoms with E-state index in [1.54, 1.807) is 31.3 Å². The zero-order valence-electron chi connectivity index (χ0n) is 19.6. The highest BCUT2D eigenvalue weighted by Gasteiger charge is 2.49. The number of aromatic nitrogens is 2. The fourth-order valence-electron chi connectivity index (χ4n) is 4.26. The first-order valence-corrected chi connectivity index (χ1v) is 11.0. The summed E-state index contributed by atoms with van der Waals surface area (Å²) in [4.78, 5) is 26.1. The number of likely N-dealkylation sites (tertiary alicyclic amines) is 1. The minimum absolute atomic E-state index is 0.00522. The molecule has 1 aliphatic heterocycles. The van der Waals surface area contributed by atoms with Crippen LogP contribution in [0.3, 0.4) is 0 Å². The molecule has 9 nitrogen and oxygen atoms in total. The number of likely N-dealkylation sites (N-methyl/N-ethyl adjacent to an activating group) is 1. The third kappa shape index (κ3) is 4.71. The van der Waals surface area contributed by atoms with E-state index in [2.05, 4.69) is 10.4 Å². The summed E-state index contributed by atoms with van der Waals surface area (Å²) >= 11 is 0. The first-order valence-electron chi connectivity index (χ1n) is 11.0. The van der Waals surface area contributed by atoms with E-state index >= 15 is 0 Å². The van der Waals surface area contributed by atoms with Gasteiger partial charge in [-0.25, -0.2) is 17.9 Å². The molecule has 5 N–H and O–H groups in total. The van der Waals surface area contributed by atoms with Crippen molar-refractivity contribution in [2.75, 3.05) is 33.0 Å². The molecule has 12 heteroatoms. The number of anilines is 1. The van der Waals surface area contributed by atoms with Gasteiger partial charge in [0, 0.05) is 18.7 Å². The van der Waals surface area contributed by atoms with Gasteiger partial charge in [-0.15, -0.1) is 0 Å². The van der Waals surface area contributed by atoms with Crippen molar-refractivity contribution in [3.63, 3.8) is 0 Å². The summed E-state index contributed by atoms with van der Waals surface area (Å²) in [6.45, 7) is -0.343. The van der Waals surface area contributed by atoms with Crippen LogP contribution in [0, 0.1) is 5.82 Å². The summed E-state index contributed by atoms with van der Waals surface area (Å²) in [7, 11) is 2.94. The summed E-state index contributed by atoms with van der Waals surface area (Å²) in [5.74, 6) is -5.07. The molecule has 2 aromatic carbocycles. The average Bonchev–Trinajstić information content (AvgIpc) is 3.31. The van der Waals surface area contributed by atoms with Crippen LogP contribution in [-0.4, -0.2) is 59.7 Å². The van der Waals surface area contributed by atoms with Crippen LogP contribution in [0.4, 0.5) is 19.0 Å². The largest absolute Gasteiger partial charge is 0.496 e. The van der Waals surface area contributed by atoms with Crippen LogP contribution in [0.5, 0.6) is 5.75 Å². The molecular weight excluding hydrogens is 477 g/mol. The number of primary amides is 1. The number of methoxy groups -OCH3 is 1. The summed E-state index contributed by atoms with van der Waals surface area (Å²) < 4.78 is 48.7. The number of nitrogens with zero attached hydrogens (tertiary/aromatic N) is 3. The Kier molecular flexibility index (Phi) is 6.63. The Balaban J connectivity index is 1.56. The Hall–Kier alpha value is -4.06. The molecule has 190 valence electrons. The molecule has 1 atom stereocenters. The van der Waals surface area contributed by atoms with Gasteiger partial charge in [0.1, 0.15) is 34.7 Å². The van der Waals surface area contributed by atoms with Gasteiger partial charge in [-0.2, -0.15) is 5.10 Å². The maximum absolute atomic E-state index is 14.5. The van der Waals surface area contributed by atoms with Crippen molar-refractivity contribution >= 4 is 17.6 Å². The van der Waals surface area contributed by atoms with Crippen LogP contribution in [0.1, 0.15) is 32.3 Å². The maximum Gasteiger partial charge on any atom is 0.283 e. The minimum atomic E-state index is -3.09. The molecule has 1 aromatic heterocycles. The second-order valence-corrected chi connectivity index (χ2v) is 8.62. The van der Waals surface area contributed by atoms with E-state index < -0.39 is 36.1 Å². The molecule has 3 aromatic rings. The number of carbonyl (C=O) groups excluding carboxylic acids is 2. The lowest BCUT2D eigenvalue weighted by Crippen LogP contribution is -2.31. The standard InChI is InChI=1S/C24H25F3N6O3/c1-32-11-18(24(26,27)12-32)33-21(28)19(22(29)34)20(31-33)14-5-3-13(4-6-14)10-30-23(35)16-9-15(25)7-8-17(16)36-2/h3-9,18H,10-12,28H2,1-2H3,(H2,29,34)(H,30,35). The molecule has 1 fully saturated rings. The van der Waals surface area contributed by atoms with Gasteiger partial charge < -0.3 is 21.5 Å². The number of nitrogens with one attached hydrogen (secondary N) is 1. The highest BCUT2D eigenvalue weighted by molar-refractivity contribution is 6.03. The van der Waals surface area contributed by atoms with Gasteiger partial charge in [-0.05, 0) is 30.8 Å². The highest BCUT2D eigenvalue weighted by Crippen LogP contribution is 2.39. The lowest BCUT2D eigenvalue weighted by atomic mass is 10.0. The molecule has 2 amide bonds.